The lowest BCUT2D eigenvalue weighted by Crippen LogP contribution is -1.92. The summed E-state index contributed by atoms with van der Waals surface area (Å²) >= 11 is 0. The average molecular weight is 213 g/mol. The largest absolute Gasteiger partial charge is 0.508 e. The molecule has 0 spiro atoms. The molecule has 0 atom stereocenters. The molecule has 2 rings (SSSR count). The summed E-state index contributed by atoms with van der Waals surface area (Å²) in [6, 6.07) is 14.7. The van der Waals surface area contributed by atoms with Crippen LogP contribution in [0.25, 0.3) is 0 Å². The van der Waals surface area contributed by atoms with Gasteiger partial charge in [0.2, 0.25) is 0 Å². The van der Waals surface area contributed by atoms with E-state index in [1.165, 1.54) is 0 Å². The Morgan fingerprint density at radius 1 is 0.938 bits per heavy atom. The predicted molar refractivity (Wildman–Crippen MR) is 63.0 cm³/mol. The summed E-state index contributed by atoms with van der Waals surface area (Å²) < 4.78 is 0. The van der Waals surface area contributed by atoms with Gasteiger partial charge < -0.3 is 10.2 Å². The summed E-state index contributed by atoms with van der Waals surface area (Å²) in [6.07, 6.45) is 1.98. The van der Waals surface area contributed by atoms with Gasteiger partial charge in [-0.1, -0.05) is 36.4 Å². The molecule has 0 fully saturated rings. The van der Waals surface area contributed by atoms with Crippen molar-refractivity contribution in [3.63, 3.8) is 0 Å². The van der Waals surface area contributed by atoms with Gasteiger partial charge in [0.25, 0.3) is 0 Å². The molecule has 0 aliphatic rings. The Hall–Kier alpha value is -1.80. The van der Waals surface area contributed by atoms with Gasteiger partial charge in [0.05, 0.1) is 6.61 Å². The average Bonchev–Trinajstić information content (AvgIpc) is 2.33. The Kier molecular flexibility index (Phi) is 3.22. The normalized spacial score (nSPS) is 10.3. The third kappa shape index (κ3) is 2.41. The van der Waals surface area contributed by atoms with E-state index in [1.807, 2.05) is 42.8 Å². The minimum absolute atomic E-state index is 0.0325. The third-order valence-corrected chi connectivity index (χ3v) is 2.44. The van der Waals surface area contributed by atoms with Gasteiger partial charge >= 0.3 is 0 Å². The number of hydrogen-bond acceptors (Lipinski definition) is 2. The van der Waals surface area contributed by atoms with Crippen molar-refractivity contribution in [3.05, 3.63) is 71.6 Å². The van der Waals surface area contributed by atoms with Crippen molar-refractivity contribution >= 4 is 0 Å². The van der Waals surface area contributed by atoms with Crippen molar-refractivity contribution in [3.8, 4) is 5.75 Å². The molecule has 2 N–H and O–H groups in total. The maximum atomic E-state index is 9.18. The summed E-state index contributed by atoms with van der Waals surface area (Å²) in [5.74, 6) is 0.257. The van der Waals surface area contributed by atoms with Gasteiger partial charge in [0.15, 0.2) is 0 Å². The Balaban J connectivity index is 2.23. The van der Waals surface area contributed by atoms with Crippen LogP contribution in [0, 0.1) is 6.42 Å². The zero-order chi connectivity index (χ0) is 11.4. The van der Waals surface area contributed by atoms with Crippen molar-refractivity contribution < 1.29 is 10.2 Å². The minimum Gasteiger partial charge on any atom is -0.508 e. The number of phenolic OH excluding ortho intramolecular Hbond substituents is 1. The first-order chi connectivity index (χ1) is 7.79. The van der Waals surface area contributed by atoms with E-state index in [-0.39, 0.29) is 12.4 Å². The van der Waals surface area contributed by atoms with Gasteiger partial charge in [0.1, 0.15) is 5.75 Å². The van der Waals surface area contributed by atoms with Gasteiger partial charge in [-0.2, -0.15) is 0 Å². The van der Waals surface area contributed by atoms with Crippen molar-refractivity contribution in [2.24, 2.45) is 0 Å². The van der Waals surface area contributed by atoms with Crippen LogP contribution in [0.15, 0.2) is 48.5 Å². The fourth-order valence-corrected chi connectivity index (χ4v) is 1.57. The third-order valence-electron chi connectivity index (χ3n) is 2.44. The van der Waals surface area contributed by atoms with Crippen LogP contribution in [-0.2, 0) is 6.61 Å². The van der Waals surface area contributed by atoms with Crippen molar-refractivity contribution in [2.75, 3.05) is 0 Å². The molecule has 0 bridgehead atoms. The highest BCUT2D eigenvalue weighted by molar-refractivity contribution is 5.42. The second-order valence-electron chi connectivity index (χ2n) is 3.59. The zero-order valence-corrected chi connectivity index (χ0v) is 8.80. The lowest BCUT2D eigenvalue weighted by atomic mass is 10.0. The molecular weight excluding hydrogens is 200 g/mol. The van der Waals surface area contributed by atoms with Gasteiger partial charge in [-0.05, 0) is 28.8 Å². The molecule has 0 saturated carbocycles. The highest BCUT2D eigenvalue weighted by Crippen LogP contribution is 2.18. The summed E-state index contributed by atoms with van der Waals surface area (Å²) in [7, 11) is 0. The van der Waals surface area contributed by atoms with Crippen LogP contribution in [0.4, 0.5) is 0 Å². The molecule has 81 valence electrons. The van der Waals surface area contributed by atoms with Crippen molar-refractivity contribution in [1.82, 2.24) is 0 Å². The quantitative estimate of drug-likeness (QED) is 0.822. The Morgan fingerprint density at radius 3 is 2.31 bits per heavy atom. The molecule has 0 aromatic heterocycles. The molecule has 0 aliphatic heterocycles. The van der Waals surface area contributed by atoms with E-state index < -0.39 is 0 Å². The molecule has 1 radical (unpaired) electrons. The van der Waals surface area contributed by atoms with E-state index in [9.17, 15) is 5.11 Å². The first-order valence-electron chi connectivity index (χ1n) is 5.12. The number of phenols is 1. The smallest absolute Gasteiger partial charge is 0.115 e. The number of aromatic hydroxyl groups is 1. The SMILES string of the molecule is OCc1ccccc1[CH]c1ccc(O)cc1. The maximum Gasteiger partial charge on any atom is 0.115 e. The number of benzene rings is 2. The highest BCUT2D eigenvalue weighted by atomic mass is 16.3. The van der Waals surface area contributed by atoms with Crippen LogP contribution >= 0.6 is 0 Å². The summed E-state index contributed by atoms with van der Waals surface area (Å²) in [5.41, 5.74) is 2.89. The van der Waals surface area contributed by atoms with Crippen LogP contribution in [0.5, 0.6) is 5.75 Å². The standard InChI is InChI=1S/C14H13O2/c15-10-13-4-2-1-3-12(13)9-11-5-7-14(16)8-6-11/h1-9,15-16H,10H2. The molecular formula is C14H13O2. The molecule has 2 heteroatoms. The number of hydrogen-bond donors (Lipinski definition) is 2. The summed E-state index contributed by atoms with van der Waals surface area (Å²) in [4.78, 5) is 0. The van der Waals surface area contributed by atoms with E-state index in [2.05, 4.69) is 0 Å². The highest BCUT2D eigenvalue weighted by Gasteiger charge is 2.02. The zero-order valence-electron chi connectivity index (χ0n) is 8.80. The van der Waals surface area contributed by atoms with Gasteiger partial charge in [-0.3, -0.25) is 0 Å². The topological polar surface area (TPSA) is 40.5 Å². The summed E-state index contributed by atoms with van der Waals surface area (Å²) in [5, 5.41) is 18.4. The van der Waals surface area contributed by atoms with Crippen LogP contribution in [-0.4, -0.2) is 10.2 Å². The fraction of sp³-hybridized carbons (Fsp3) is 0.0714. The molecule has 16 heavy (non-hydrogen) atoms. The molecule has 2 aromatic rings. The Bertz CT molecular complexity index is 460. The van der Waals surface area contributed by atoms with Crippen LogP contribution in [0.2, 0.25) is 0 Å². The molecule has 0 unspecified atom stereocenters. The lowest BCUT2D eigenvalue weighted by Gasteiger charge is -2.06. The summed E-state index contributed by atoms with van der Waals surface area (Å²) in [6.45, 7) is 0.0325. The van der Waals surface area contributed by atoms with E-state index >= 15 is 0 Å². The number of rotatable bonds is 3. The molecule has 2 nitrogen and oxygen atoms in total. The number of aliphatic hydroxyl groups excluding tert-OH is 1. The van der Waals surface area contributed by atoms with E-state index in [4.69, 9.17) is 5.11 Å². The molecule has 0 saturated heterocycles. The van der Waals surface area contributed by atoms with Crippen LogP contribution in [0.3, 0.4) is 0 Å². The molecule has 0 aliphatic carbocycles. The Labute approximate surface area is 94.8 Å². The minimum atomic E-state index is 0.0325. The van der Waals surface area contributed by atoms with E-state index in [0.717, 1.165) is 16.7 Å². The van der Waals surface area contributed by atoms with Gasteiger partial charge in [0, 0.05) is 6.42 Å². The monoisotopic (exact) mass is 213 g/mol. The first-order valence-corrected chi connectivity index (χ1v) is 5.12. The first kappa shape index (κ1) is 10.7. The second kappa shape index (κ2) is 4.81. The van der Waals surface area contributed by atoms with Crippen LogP contribution in [0.1, 0.15) is 16.7 Å². The molecule has 0 amide bonds. The van der Waals surface area contributed by atoms with Crippen LogP contribution < -0.4 is 0 Å². The lowest BCUT2D eigenvalue weighted by molar-refractivity contribution is 0.281. The Morgan fingerprint density at radius 2 is 1.62 bits per heavy atom. The molecule has 2 aromatic carbocycles. The van der Waals surface area contributed by atoms with Crippen molar-refractivity contribution in [2.45, 2.75) is 6.61 Å². The van der Waals surface area contributed by atoms with Crippen molar-refractivity contribution in [1.29, 1.82) is 0 Å². The predicted octanol–water partition coefficient (Wildman–Crippen LogP) is 2.49. The second-order valence-corrected chi connectivity index (χ2v) is 3.59. The fourth-order valence-electron chi connectivity index (χ4n) is 1.57. The van der Waals surface area contributed by atoms with Gasteiger partial charge in [-0.15, -0.1) is 0 Å². The molecule has 0 heterocycles. The van der Waals surface area contributed by atoms with Gasteiger partial charge in [-0.25, -0.2) is 0 Å². The maximum absolute atomic E-state index is 9.18. The van der Waals surface area contributed by atoms with E-state index in [0.29, 0.717) is 0 Å². The van der Waals surface area contributed by atoms with E-state index in [1.54, 1.807) is 12.1 Å². The number of aliphatic hydroxyl groups is 1.